The van der Waals surface area contributed by atoms with Crippen LogP contribution in [0, 0.1) is 6.92 Å². The number of thioether (sulfide) groups is 1. The fraction of sp³-hybridized carbons (Fsp3) is 0.167. The lowest BCUT2D eigenvalue weighted by atomic mass is 10.1. The van der Waals surface area contributed by atoms with Gasteiger partial charge in [-0.2, -0.15) is 0 Å². The summed E-state index contributed by atoms with van der Waals surface area (Å²) in [5.41, 5.74) is 9.09. The molecule has 0 bridgehead atoms. The van der Waals surface area contributed by atoms with Gasteiger partial charge in [-0.25, -0.2) is 4.98 Å². The molecule has 82 valence electrons. The number of nitrogens with two attached hydrogens (primary N) is 1. The van der Waals surface area contributed by atoms with E-state index in [-0.39, 0.29) is 0 Å². The topological polar surface area (TPSA) is 51.8 Å². The zero-order valence-corrected chi connectivity index (χ0v) is 9.87. The molecule has 1 heterocycles. The van der Waals surface area contributed by atoms with Crippen LogP contribution in [0.3, 0.4) is 0 Å². The molecule has 0 spiro atoms. The fourth-order valence-corrected chi connectivity index (χ4v) is 2.26. The van der Waals surface area contributed by atoms with Gasteiger partial charge in [0.1, 0.15) is 5.03 Å². The van der Waals surface area contributed by atoms with E-state index in [1.165, 1.54) is 5.56 Å². The molecule has 2 N–H and O–H groups in total. The van der Waals surface area contributed by atoms with Crippen molar-refractivity contribution in [2.75, 3.05) is 5.73 Å². The highest BCUT2D eigenvalue weighted by molar-refractivity contribution is 7.98. The van der Waals surface area contributed by atoms with E-state index < -0.39 is 0 Å². The molecule has 3 nitrogen and oxygen atoms in total. The monoisotopic (exact) mass is 231 g/mol. The van der Waals surface area contributed by atoms with Crippen LogP contribution in [0.2, 0.25) is 0 Å². The SMILES string of the molecule is Cc1c(N)cccc1CSc1cnccn1. The van der Waals surface area contributed by atoms with Crippen molar-refractivity contribution in [3.05, 3.63) is 47.9 Å². The Morgan fingerprint density at radius 1 is 1.31 bits per heavy atom. The Hall–Kier alpha value is -1.55. The molecule has 1 aromatic heterocycles. The van der Waals surface area contributed by atoms with Gasteiger partial charge in [0.05, 0.1) is 6.20 Å². The molecule has 0 aliphatic heterocycles. The lowest BCUT2D eigenvalue weighted by Crippen LogP contribution is -1.94. The minimum Gasteiger partial charge on any atom is -0.399 e. The van der Waals surface area contributed by atoms with Crippen LogP contribution in [0.5, 0.6) is 0 Å². The molecule has 0 unspecified atom stereocenters. The van der Waals surface area contributed by atoms with Gasteiger partial charge in [-0.3, -0.25) is 4.98 Å². The average Bonchev–Trinajstić information content (AvgIpc) is 2.32. The van der Waals surface area contributed by atoms with E-state index in [0.29, 0.717) is 0 Å². The number of nitrogens with zero attached hydrogens (tertiary/aromatic N) is 2. The van der Waals surface area contributed by atoms with Crippen molar-refractivity contribution in [3.8, 4) is 0 Å². The third-order valence-corrected chi connectivity index (χ3v) is 3.36. The van der Waals surface area contributed by atoms with Gasteiger partial charge in [0, 0.05) is 23.8 Å². The van der Waals surface area contributed by atoms with E-state index in [2.05, 4.69) is 16.0 Å². The summed E-state index contributed by atoms with van der Waals surface area (Å²) < 4.78 is 0. The summed E-state index contributed by atoms with van der Waals surface area (Å²) in [4.78, 5) is 8.24. The Balaban J connectivity index is 2.08. The number of aromatic nitrogens is 2. The Labute approximate surface area is 99.1 Å². The number of rotatable bonds is 3. The van der Waals surface area contributed by atoms with E-state index in [1.807, 2.05) is 19.1 Å². The number of hydrogen-bond donors (Lipinski definition) is 1. The van der Waals surface area contributed by atoms with Gasteiger partial charge in [0.2, 0.25) is 0 Å². The van der Waals surface area contributed by atoms with Gasteiger partial charge in [-0.05, 0) is 24.1 Å². The zero-order chi connectivity index (χ0) is 11.4. The van der Waals surface area contributed by atoms with Crippen molar-refractivity contribution >= 4 is 17.4 Å². The van der Waals surface area contributed by atoms with E-state index in [9.17, 15) is 0 Å². The molecular weight excluding hydrogens is 218 g/mol. The van der Waals surface area contributed by atoms with Gasteiger partial charge in [0.15, 0.2) is 0 Å². The number of nitrogen functional groups attached to an aromatic ring is 1. The van der Waals surface area contributed by atoms with Gasteiger partial charge in [-0.1, -0.05) is 12.1 Å². The predicted octanol–water partition coefficient (Wildman–Crippen LogP) is 2.66. The summed E-state index contributed by atoms with van der Waals surface area (Å²) in [5, 5.41) is 0.935. The summed E-state index contributed by atoms with van der Waals surface area (Å²) in [6.45, 7) is 2.04. The van der Waals surface area contributed by atoms with Crippen LogP contribution in [0.1, 0.15) is 11.1 Å². The lowest BCUT2D eigenvalue weighted by Gasteiger charge is -2.07. The van der Waals surface area contributed by atoms with Crippen molar-refractivity contribution in [1.82, 2.24) is 9.97 Å². The van der Waals surface area contributed by atoms with E-state index in [4.69, 9.17) is 5.73 Å². The number of anilines is 1. The van der Waals surface area contributed by atoms with Crippen LogP contribution in [-0.4, -0.2) is 9.97 Å². The van der Waals surface area contributed by atoms with Crippen LogP contribution in [0.25, 0.3) is 0 Å². The Morgan fingerprint density at radius 2 is 2.19 bits per heavy atom. The Morgan fingerprint density at radius 3 is 2.94 bits per heavy atom. The van der Waals surface area contributed by atoms with Gasteiger partial charge >= 0.3 is 0 Å². The first-order chi connectivity index (χ1) is 7.77. The summed E-state index contributed by atoms with van der Waals surface area (Å²) >= 11 is 1.67. The first-order valence-electron chi connectivity index (χ1n) is 5.00. The zero-order valence-electron chi connectivity index (χ0n) is 9.05. The van der Waals surface area contributed by atoms with E-state index >= 15 is 0 Å². The largest absolute Gasteiger partial charge is 0.399 e. The summed E-state index contributed by atoms with van der Waals surface area (Å²) in [6, 6.07) is 6.00. The number of hydrogen-bond acceptors (Lipinski definition) is 4. The van der Waals surface area contributed by atoms with Crippen LogP contribution < -0.4 is 5.73 Å². The molecule has 0 aliphatic carbocycles. The second-order valence-electron chi connectivity index (χ2n) is 3.46. The molecule has 0 aliphatic rings. The van der Waals surface area contributed by atoms with Crippen LogP contribution in [0.15, 0.2) is 41.8 Å². The van der Waals surface area contributed by atoms with Crippen LogP contribution in [0.4, 0.5) is 5.69 Å². The molecule has 0 fully saturated rings. The molecule has 0 radical (unpaired) electrons. The molecule has 16 heavy (non-hydrogen) atoms. The van der Waals surface area contributed by atoms with Gasteiger partial charge < -0.3 is 5.73 Å². The molecule has 2 rings (SSSR count). The van der Waals surface area contributed by atoms with Crippen molar-refractivity contribution < 1.29 is 0 Å². The van der Waals surface area contributed by atoms with Crippen LogP contribution >= 0.6 is 11.8 Å². The highest BCUT2D eigenvalue weighted by Crippen LogP contribution is 2.24. The molecular formula is C12H13N3S. The molecule has 0 saturated carbocycles. The molecule has 0 amide bonds. The maximum atomic E-state index is 5.85. The number of benzene rings is 1. The first-order valence-corrected chi connectivity index (χ1v) is 5.98. The Kier molecular flexibility index (Phi) is 3.41. The van der Waals surface area contributed by atoms with Crippen molar-refractivity contribution in [2.45, 2.75) is 17.7 Å². The maximum Gasteiger partial charge on any atom is 0.115 e. The van der Waals surface area contributed by atoms with Crippen molar-refractivity contribution in [1.29, 1.82) is 0 Å². The minimum atomic E-state index is 0.845. The third-order valence-electron chi connectivity index (χ3n) is 2.40. The summed E-state index contributed by atoms with van der Waals surface area (Å²) in [5.74, 6) is 0.871. The normalized spacial score (nSPS) is 10.3. The van der Waals surface area contributed by atoms with E-state index in [1.54, 1.807) is 30.4 Å². The second kappa shape index (κ2) is 4.99. The summed E-state index contributed by atoms with van der Waals surface area (Å²) in [7, 11) is 0. The smallest absolute Gasteiger partial charge is 0.115 e. The third kappa shape index (κ3) is 2.52. The van der Waals surface area contributed by atoms with Gasteiger partial charge in [0.25, 0.3) is 0 Å². The fourth-order valence-electron chi connectivity index (χ4n) is 1.37. The highest BCUT2D eigenvalue weighted by Gasteiger charge is 2.02. The quantitative estimate of drug-likeness (QED) is 0.651. The second-order valence-corrected chi connectivity index (χ2v) is 4.46. The highest BCUT2D eigenvalue weighted by atomic mass is 32.2. The summed E-state index contributed by atoms with van der Waals surface area (Å²) in [6.07, 6.45) is 5.15. The molecule has 4 heteroatoms. The molecule has 0 atom stereocenters. The average molecular weight is 231 g/mol. The lowest BCUT2D eigenvalue weighted by molar-refractivity contribution is 1.05. The molecule has 2 aromatic rings. The minimum absolute atomic E-state index is 0.845. The van der Waals surface area contributed by atoms with Gasteiger partial charge in [-0.15, -0.1) is 11.8 Å². The van der Waals surface area contributed by atoms with Crippen molar-refractivity contribution in [2.24, 2.45) is 0 Å². The van der Waals surface area contributed by atoms with E-state index in [0.717, 1.165) is 22.0 Å². The first kappa shape index (κ1) is 11.0. The van der Waals surface area contributed by atoms with Crippen molar-refractivity contribution in [3.63, 3.8) is 0 Å². The maximum absolute atomic E-state index is 5.85. The Bertz CT molecular complexity index is 471. The standard InChI is InChI=1S/C12H13N3S/c1-9-10(3-2-4-11(9)13)8-16-12-7-14-5-6-15-12/h2-7H,8,13H2,1H3. The predicted molar refractivity (Wildman–Crippen MR) is 67.2 cm³/mol. The molecule has 1 aromatic carbocycles. The van der Waals surface area contributed by atoms with Crippen LogP contribution in [-0.2, 0) is 5.75 Å². The molecule has 0 saturated heterocycles.